The monoisotopic (exact) mass is 549 g/mol. The highest BCUT2D eigenvalue weighted by Crippen LogP contribution is 2.23. The maximum absolute atomic E-state index is 12.1. The molecule has 0 aliphatic rings. The molecule has 0 atom stereocenters. The van der Waals surface area contributed by atoms with Gasteiger partial charge in [-0.3, -0.25) is 4.72 Å². The van der Waals surface area contributed by atoms with Crippen LogP contribution in [0.1, 0.15) is 31.2 Å². The molecule has 8 nitrogen and oxygen atoms in total. The molecule has 0 saturated carbocycles. The molecule has 0 fully saturated rings. The van der Waals surface area contributed by atoms with Gasteiger partial charge in [-0.25, -0.2) is 18.2 Å². The molecular weight excluding hydrogens is 523 g/mol. The summed E-state index contributed by atoms with van der Waals surface area (Å²) in [6.45, 7) is 1.97. The molecule has 12 heteroatoms. The number of hydrogen-bond donors (Lipinski definition) is 3. The number of nitrogens with zero attached hydrogens (tertiary/aromatic N) is 1. The Bertz CT molecular complexity index is 1460. The number of alkyl halides is 3. The fourth-order valence-corrected chi connectivity index (χ4v) is 4.52. The van der Waals surface area contributed by atoms with Crippen molar-refractivity contribution in [3.05, 3.63) is 84.2 Å². The van der Waals surface area contributed by atoms with Gasteiger partial charge >= 0.3 is 12.1 Å². The number of rotatable bonds is 9. The summed E-state index contributed by atoms with van der Waals surface area (Å²) in [4.78, 5) is 16.8. The molecule has 0 bridgehead atoms. The molecule has 1 heterocycles. The van der Waals surface area contributed by atoms with Gasteiger partial charge in [0, 0.05) is 6.42 Å². The minimum Gasteiger partial charge on any atom is -0.475 e. The zero-order chi connectivity index (χ0) is 27.8. The fourth-order valence-electron chi connectivity index (χ4n) is 3.27. The number of sulfonamides is 1. The number of aromatic nitrogens is 2. The van der Waals surface area contributed by atoms with E-state index in [4.69, 9.17) is 14.6 Å². The smallest absolute Gasteiger partial charge is 0.475 e. The van der Waals surface area contributed by atoms with Gasteiger partial charge in [-0.1, -0.05) is 43.7 Å². The molecule has 0 saturated heterocycles. The number of fused-ring (bicyclic) bond motifs is 1. The van der Waals surface area contributed by atoms with E-state index in [-0.39, 0.29) is 5.75 Å². The Morgan fingerprint density at radius 2 is 1.66 bits per heavy atom. The van der Waals surface area contributed by atoms with Gasteiger partial charge in [0.05, 0.1) is 22.5 Å². The van der Waals surface area contributed by atoms with E-state index in [0.717, 1.165) is 40.3 Å². The summed E-state index contributed by atoms with van der Waals surface area (Å²) in [5.41, 5.74) is 3.24. The Morgan fingerprint density at radius 3 is 2.26 bits per heavy atom. The first-order valence-electron chi connectivity index (χ1n) is 11.6. The molecule has 38 heavy (non-hydrogen) atoms. The van der Waals surface area contributed by atoms with Crippen LogP contribution in [0, 0.1) is 0 Å². The number of para-hydroxylation sites is 1. The van der Waals surface area contributed by atoms with E-state index in [1.54, 1.807) is 12.1 Å². The number of aliphatic carboxylic acids is 1. The third-order valence-corrected chi connectivity index (χ3v) is 6.46. The van der Waals surface area contributed by atoms with Crippen LogP contribution >= 0.6 is 0 Å². The molecule has 4 aromatic rings. The number of benzene rings is 3. The number of unbranched alkanes of at least 4 members (excludes halogenated alkanes) is 1. The number of carbonyl (C=O) groups is 1. The van der Waals surface area contributed by atoms with Gasteiger partial charge in [0.2, 0.25) is 10.0 Å². The first-order chi connectivity index (χ1) is 17.9. The summed E-state index contributed by atoms with van der Waals surface area (Å²) in [7, 11) is -3.33. The van der Waals surface area contributed by atoms with Crippen molar-refractivity contribution in [3.8, 4) is 11.5 Å². The molecule has 3 aromatic carbocycles. The third kappa shape index (κ3) is 8.80. The fraction of sp³-hybridized carbons (Fsp3) is 0.231. The van der Waals surface area contributed by atoms with Crippen molar-refractivity contribution >= 4 is 32.7 Å². The van der Waals surface area contributed by atoms with Crippen LogP contribution in [0.15, 0.2) is 72.8 Å². The van der Waals surface area contributed by atoms with Gasteiger partial charge in [-0.05, 0) is 54.4 Å². The normalized spacial score (nSPS) is 11.5. The lowest BCUT2D eigenvalue weighted by Crippen LogP contribution is -2.21. The average molecular weight is 550 g/mol. The van der Waals surface area contributed by atoms with Crippen LogP contribution in [0.25, 0.3) is 11.0 Å². The number of hydrogen-bond acceptors (Lipinski definition) is 5. The van der Waals surface area contributed by atoms with Crippen molar-refractivity contribution < 1.29 is 36.2 Å². The Morgan fingerprint density at radius 1 is 1.03 bits per heavy atom. The molecular formula is C26H26F3N3O5S. The van der Waals surface area contributed by atoms with Gasteiger partial charge < -0.3 is 14.8 Å². The summed E-state index contributed by atoms with van der Waals surface area (Å²) < 4.78 is 64.5. The van der Waals surface area contributed by atoms with Crippen molar-refractivity contribution in [2.24, 2.45) is 0 Å². The third-order valence-electron chi connectivity index (χ3n) is 5.09. The lowest BCUT2D eigenvalue weighted by Gasteiger charge is -2.07. The SMILES string of the molecule is CCCCS(=O)(=O)Nc1ccc2nc(Cc3ccc(Oc4ccccc4)cc3)[nH]c2c1.O=C(O)C(F)(F)F. The zero-order valence-corrected chi connectivity index (χ0v) is 21.1. The number of anilines is 1. The number of carboxylic acids is 1. The Kier molecular flexibility index (Phi) is 9.35. The molecule has 0 aliphatic heterocycles. The number of H-pyrrole nitrogens is 1. The standard InChI is InChI=1S/C24H25N3O3S.C2HF3O2/c1-2-3-15-31(28,29)27-19-11-14-22-23(17-19)26-24(25-22)16-18-9-12-21(13-10-18)30-20-7-5-4-6-8-20;3-2(4,5)1(6)7/h4-14,17,27H,2-3,15-16H2,1H3,(H,25,26);(H,6,7). The van der Waals surface area contributed by atoms with E-state index in [2.05, 4.69) is 14.7 Å². The van der Waals surface area contributed by atoms with Crippen molar-refractivity contribution in [1.82, 2.24) is 9.97 Å². The summed E-state index contributed by atoms with van der Waals surface area (Å²) in [6, 6.07) is 22.9. The number of nitrogens with one attached hydrogen (secondary N) is 2. The lowest BCUT2D eigenvalue weighted by molar-refractivity contribution is -0.192. The molecule has 202 valence electrons. The highest BCUT2D eigenvalue weighted by molar-refractivity contribution is 7.92. The maximum Gasteiger partial charge on any atom is 0.490 e. The maximum atomic E-state index is 12.1. The molecule has 1 aromatic heterocycles. The number of imidazole rings is 1. The number of carboxylic acid groups (broad SMARTS) is 1. The summed E-state index contributed by atoms with van der Waals surface area (Å²) in [5.74, 6) is -0.238. The first-order valence-corrected chi connectivity index (χ1v) is 13.2. The van der Waals surface area contributed by atoms with E-state index >= 15 is 0 Å². The van der Waals surface area contributed by atoms with Crippen LogP contribution in [0.2, 0.25) is 0 Å². The predicted octanol–water partition coefficient (Wildman–Crippen LogP) is 6.12. The van der Waals surface area contributed by atoms with Crippen molar-refractivity contribution in [2.75, 3.05) is 10.5 Å². The Balaban J connectivity index is 0.000000505. The van der Waals surface area contributed by atoms with Crippen LogP contribution in [0.5, 0.6) is 11.5 Å². The van der Waals surface area contributed by atoms with Gasteiger partial charge in [-0.2, -0.15) is 13.2 Å². The minimum absolute atomic E-state index is 0.125. The average Bonchev–Trinajstić information content (AvgIpc) is 3.26. The predicted molar refractivity (Wildman–Crippen MR) is 138 cm³/mol. The van der Waals surface area contributed by atoms with Gasteiger partial charge in [0.15, 0.2) is 0 Å². The van der Waals surface area contributed by atoms with E-state index in [1.807, 2.05) is 67.6 Å². The second kappa shape index (κ2) is 12.5. The lowest BCUT2D eigenvalue weighted by atomic mass is 10.1. The van der Waals surface area contributed by atoms with Gasteiger partial charge in [0.1, 0.15) is 17.3 Å². The Hall–Kier alpha value is -4.06. The quantitative estimate of drug-likeness (QED) is 0.231. The number of aromatic amines is 1. The van der Waals surface area contributed by atoms with Crippen molar-refractivity contribution in [3.63, 3.8) is 0 Å². The van der Waals surface area contributed by atoms with Crippen LogP contribution in [-0.4, -0.2) is 41.4 Å². The molecule has 0 unspecified atom stereocenters. The number of halogens is 3. The highest BCUT2D eigenvalue weighted by atomic mass is 32.2. The van der Waals surface area contributed by atoms with Crippen molar-refractivity contribution in [2.45, 2.75) is 32.4 Å². The topological polar surface area (TPSA) is 121 Å². The van der Waals surface area contributed by atoms with Crippen LogP contribution in [0.4, 0.5) is 18.9 Å². The summed E-state index contributed by atoms with van der Waals surface area (Å²) in [5, 5.41) is 7.12. The van der Waals surface area contributed by atoms with E-state index in [0.29, 0.717) is 18.5 Å². The van der Waals surface area contributed by atoms with Crippen LogP contribution < -0.4 is 9.46 Å². The van der Waals surface area contributed by atoms with Gasteiger partial charge in [-0.15, -0.1) is 0 Å². The summed E-state index contributed by atoms with van der Waals surface area (Å²) in [6.07, 6.45) is -2.97. The largest absolute Gasteiger partial charge is 0.490 e. The minimum atomic E-state index is -5.08. The van der Waals surface area contributed by atoms with E-state index in [1.165, 1.54) is 0 Å². The molecule has 0 spiro atoms. The van der Waals surface area contributed by atoms with Crippen LogP contribution in [-0.2, 0) is 21.2 Å². The first kappa shape index (κ1) is 28.5. The zero-order valence-electron chi connectivity index (χ0n) is 20.3. The van der Waals surface area contributed by atoms with Crippen molar-refractivity contribution in [1.29, 1.82) is 0 Å². The second-order valence-electron chi connectivity index (χ2n) is 8.23. The van der Waals surface area contributed by atoms with Gasteiger partial charge in [0.25, 0.3) is 0 Å². The Labute approximate surface area is 217 Å². The molecule has 0 amide bonds. The number of ether oxygens (including phenoxy) is 1. The molecule has 0 radical (unpaired) electrons. The van der Waals surface area contributed by atoms with Crippen LogP contribution in [0.3, 0.4) is 0 Å². The second-order valence-corrected chi connectivity index (χ2v) is 10.1. The van der Waals surface area contributed by atoms with E-state index in [9.17, 15) is 21.6 Å². The molecule has 0 aliphatic carbocycles. The highest BCUT2D eigenvalue weighted by Gasteiger charge is 2.38. The van der Waals surface area contributed by atoms with E-state index < -0.39 is 22.2 Å². The molecule has 4 rings (SSSR count). The summed E-state index contributed by atoms with van der Waals surface area (Å²) >= 11 is 0. The molecule has 3 N–H and O–H groups in total.